The summed E-state index contributed by atoms with van der Waals surface area (Å²) in [4.78, 5) is 16.1. The number of ether oxygens (including phenoxy) is 1. The van der Waals surface area contributed by atoms with Crippen molar-refractivity contribution in [1.82, 2.24) is 9.38 Å². The van der Waals surface area contributed by atoms with E-state index < -0.39 is 5.97 Å². The van der Waals surface area contributed by atoms with Crippen LogP contribution in [-0.4, -0.2) is 34.2 Å². The quantitative estimate of drug-likeness (QED) is 0.825. The molecule has 1 saturated carbocycles. The average Bonchev–Trinajstić information content (AvgIpc) is 3.12. The number of pyridine rings is 1. The first-order valence-electron chi connectivity index (χ1n) is 5.88. The Bertz CT molecular complexity index is 614. The number of methoxy groups -OCH3 is 1. The van der Waals surface area contributed by atoms with Gasteiger partial charge in [0, 0.05) is 6.20 Å². The Labute approximate surface area is 104 Å². The minimum absolute atomic E-state index is 0.0572. The number of rotatable bonds is 3. The van der Waals surface area contributed by atoms with Gasteiger partial charge in [0.15, 0.2) is 5.69 Å². The zero-order valence-corrected chi connectivity index (χ0v) is 10.1. The number of carbonyl (C=O) groups is 1. The molecule has 2 aromatic heterocycles. The predicted molar refractivity (Wildman–Crippen MR) is 64.5 cm³/mol. The largest absolute Gasteiger partial charge is 0.464 e. The van der Waals surface area contributed by atoms with Crippen LogP contribution in [0.2, 0.25) is 0 Å². The molecule has 0 unspecified atom stereocenters. The highest BCUT2D eigenvalue weighted by molar-refractivity contribution is 5.95. The predicted octanol–water partition coefficient (Wildman–Crippen LogP) is 1.14. The summed E-state index contributed by atoms with van der Waals surface area (Å²) < 4.78 is 6.62. The van der Waals surface area contributed by atoms with E-state index in [1.807, 2.05) is 28.8 Å². The molecule has 5 nitrogen and oxygen atoms in total. The summed E-state index contributed by atoms with van der Waals surface area (Å²) in [7, 11) is 1.34. The molecule has 1 aliphatic carbocycles. The summed E-state index contributed by atoms with van der Waals surface area (Å²) in [5.74, 6) is 0.305. The second-order valence-electron chi connectivity index (χ2n) is 4.67. The Morgan fingerprint density at radius 2 is 2.33 bits per heavy atom. The number of carbonyl (C=O) groups excluding carboxylic acids is 1. The van der Waals surface area contributed by atoms with Gasteiger partial charge in [-0.3, -0.25) is 0 Å². The lowest BCUT2D eigenvalue weighted by molar-refractivity contribution is 0.0596. The summed E-state index contributed by atoms with van der Waals surface area (Å²) >= 11 is 0. The van der Waals surface area contributed by atoms with Crippen LogP contribution in [0.15, 0.2) is 24.4 Å². The van der Waals surface area contributed by atoms with Crippen molar-refractivity contribution in [3.8, 4) is 0 Å². The highest BCUT2D eigenvalue weighted by Gasteiger charge is 2.48. The maximum absolute atomic E-state index is 11.7. The van der Waals surface area contributed by atoms with E-state index in [-0.39, 0.29) is 12.0 Å². The monoisotopic (exact) mass is 246 g/mol. The molecule has 0 saturated heterocycles. The topological polar surface area (TPSA) is 63.8 Å². The lowest BCUT2D eigenvalue weighted by Crippen LogP contribution is -2.16. The van der Waals surface area contributed by atoms with Gasteiger partial charge in [0.25, 0.3) is 0 Å². The van der Waals surface area contributed by atoms with Gasteiger partial charge in [0.1, 0.15) is 5.82 Å². The van der Waals surface area contributed by atoms with E-state index in [2.05, 4.69) is 4.98 Å². The maximum atomic E-state index is 11.7. The highest BCUT2D eigenvalue weighted by Crippen LogP contribution is 2.47. The van der Waals surface area contributed by atoms with Crippen molar-refractivity contribution < 1.29 is 14.6 Å². The lowest BCUT2D eigenvalue weighted by Gasteiger charge is -2.09. The molecule has 2 aromatic rings. The van der Waals surface area contributed by atoms with Crippen LogP contribution in [0, 0.1) is 0 Å². The van der Waals surface area contributed by atoms with Gasteiger partial charge in [0.05, 0.1) is 24.6 Å². The van der Waals surface area contributed by atoms with E-state index in [4.69, 9.17) is 4.74 Å². The number of hydrogen-bond acceptors (Lipinski definition) is 4. The van der Waals surface area contributed by atoms with Crippen molar-refractivity contribution >= 4 is 11.5 Å². The molecule has 0 spiro atoms. The number of esters is 1. The van der Waals surface area contributed by atoms with Crippen molar-refractivity contribution in [2.75, 3.05) is 13.7 Å². The van der Waals surface area contributed by atoms with E-state index in [9.17, 15) is 9.90 Å². The van der Waals surface area contributed by atoms with Crippen LogP contribution in [0.25, 0.3) is 5.52 Å². The first kappa shape index (κ1) is 11.2. The number of fused-ring (bicyclic) bond motifs is 1. The molecule has 5 heteroatoms. The minimum Gasteiger partial charge on any atom is -0.464 e. The van der Waals surface area contributed by atoms with Gasteiger partial charge >= 0.3 is 5.97 Å². The van der Waals surface area contributed by atoms with Crippen LogP contribution in [-0.2, 0) is 10.2 Å². The van der Waals surface area contributed by atoms with Crippen molar-refractivity contribution in [2.24, 2.45) is 0 Å². The standard InChI is InChI=1S/C13H14N2O3/c1-18-11(17)10-9-4-2-3-7-15(9)12(14-10)13(8-16)5-6-13/h2-4,7,16H,5-6,8H2,1H3. The maximum Gasteiger partial charge on any atom is 0.358 e. The lowest BCUT2D eigenvalue weighted by atomic mass is 10.1. The highest BCUT2D eigenvalue weighted by atomic mass is 16.5. The Morgan fingerprint density at radius 1 is 1.56 bits per heavy atom. The van der Waals surface area contributed by atoms with Gasteiger partial charge < -0.3 is 14.2 Å². The fraction of sp³-hybridized carbons (Fsp3) is 0.385. The summed E-state index contributed by atoms with van der Waals surface area (Å²) in [6.45, 7) is 0.0572. The molecule has 1 fully saturated rings. The zero-order valence-electron chi connectivity index (χ0n) is 10.1. The van der Waals surface area contributed by atoms with E-state index in [0.717, 1.165) is 24.2 Å². The van der Waals surface area contributed by atoms with Crippen LogP contribution in [0.1, 0.15) is 29.2 Å². The Morgan fingerprint density at radius 3 is 2.94 bits per heavy atom. The van der Waals surface area contributed by atoms with Gasteiger partial charge in [-0.1, -0.05) is 6.07 Å². The molecule has 2 heterocycles. The molecule has 0 atom stereocenters. The van der Waals surface area contributed by atoms with Gasteiger partial charge in [-0.25, -0.2) is 9.78 Å². The van der Waals surface area contributed by atoms with Crippen LogP contribution in [0.4, 0.5) is 0 Å². The Balaban J connectivity index is 2.24. The van der Waals surface area contributed by atoms with Crippen LogP contribution in [0.3, 0.4) is 0 Å². The second-order valence-corrected chi connectivity index (χ2v) is 4.67. The molecule has 1 N–H and O–H groups in total. The van der Waals surface area contributed by atoms with E-state index in [1.165, 1.54) is 7.11 Å². The first-order chi connectivity index (χ1) is 8.72. The zero-order chi connectivity index (χ0) is 12.8. The minimum atomic E-state index is -0.446. The van der Waals surface area contributed by atoms with E-state index in [0.29, 0.717) is 5.69 Å². The third-order valence-corrected chi connectivity index (χ3v) is 3.56. The molecule has 3 rings (SSSR count). The average molecular weight is 246 g/mol. The smallest absolute Gasteiger partial charge is 0.358 e. The van der Waals surface area contributed by atoms with Gasteiger partial charge in [-0.2, -0.15) is 0 Å². The molecular weight excluding hydrogens is 232 g/mol. The second kappa shape index (κ2) is 3.81. The summed E-state index contributed by atoms with van der Waals surface area (Å²) in [5.41, 5.74) is 0.753. The molecule has 18 heavy (non-hydrogen) atoms. The number of imidazole rings is 1. The molecule has 0 amide bonds. The Kier molecular flexibility index (Phi) is 2.38. The van der Waals surface area contributed by atoms with Gasteiger partial charge in [0.2, 0.25) is 0 Å². The first-order valence-corrected chi connectivity index (χ1v) is 5.88. The summed E-state index contributed by atoms with van der Waals surface area (Å²) in [5, 5.41) is 9.50. The Hall–Kier alpha value is -1.88. The number of aliphatic hydroxyl groups excluding tert-OH is 1. The number of nitrogens with zero attached hydrogens (tertiary/aromatic N) is 2. The third kappa shape index (κ3) is 1.44. The molecular formula is C13H14N2O3. The molecule has 1 aliphatic rings. The molecule has 0 bridgehead atoms. The third-order valence-electron chi connectivity index (χ3n) is 3.56. The summed E-state index contributed by atoms with van der Waals surface area (Å²) in [6.07, 6.45) is 3.66. The number of aromatic nitrogens is 2. The fourth-order valence-corrected chi connectivity index (χ4v) is 2.26. The molecule has 0 aromatic carbocycles. The van der Waals surface area contributed by atoms with Crippen molar-refractivity contribution in [1.29, 1.82) is 0 Å². The van der Waals surface area contributed by atoms with Crippen molar-refractivity contribution in [3.05, 3.63) is 35.9 Å². The van der Waals surface area contributed by atoms with Gasteiger partial charge in [-0.05, 0) is 25.0 Å². The van der Waals surface area contributed by atoms with Crippen molar-refractivity contribution in [2.45, 2.75) is 18.3 Å². The molecule has 94 valence electrons. The van der Waals surface area contributed by atoms with Crippen LogP contribution < -0.4 is 0 Å². The summed E-state index contributed by atoms with van der Waals surface area (Å²) in [6, 6.07) is 5.56. The molecule has 0 radical (unpaired) electrons. The van der Waals surface area contributed by atoms with E-state index in [1.54, 1.807) is 0 Å². The normalized spacial score (nSPS) is 16.8. The number of hydrogen-bond donors (Lipinski definition) is 1. The van der Waals surface area contributed by atoms with Gasteiger partial charge in [-0.15, -0.1) is 0 Å². The SMILES string of the molecule is COC(=O)c1nc(C2(CO)CC2)n2ccccc12. The number of aliphatic hydroxyl groups is 1. The molecule has 0 aliphatic heterocycles. The van der Waals surface area contributed by atoms with Crippen LogP contribution in [0.5, 0.6) is 0 Å². The van der Waals surface area contributed by atoms with Crippen molar-refractivity contribution in [3.63, 3.8) is 0 Å². The van der Waals surface area contributed by atoms with E-state index >= 15 is 0 Å². The van der Waals surface area contributed by atoms with Crippen LogP contribution >= 0.6 is 0 Å². The fourth-order valence-electron chi connectivity index (χ4n) is 2.26.